The first-order valence-corrected chi connectivity index (χ1v) is 8.95. The molecule has 0 aliphatic carbocycles. The van der Waals surface area contributed by atoms with Gasteiger partial charge in [0.05, 0.1) is 7.11 Å². The molecule has 2 saturated heterocycles. The van der Waals surface area contributed by atoms with Crippen LogP contribution in [-0.2, 0) is 11.3 Å². The predicted octanol–water partition coefficient (Wildman–Crippen LogP) is 1.87. The van der Waals surface area contributed by atoms with Gasteiger partial charge in [-0.1, -0.05) is 6.07 Å². The van der Waals surface area contributed by atoms with Gasteiger partial charge in [0, 0.05) is 44.1 Å². The van der Waals surface area contributed by atoms with E-state index in [9.17, 15) is 4.79 Å². The van der Waals surface area contributed by atoms with Crippen LogP contribution >= 0.6 is 0 Å². The molecule has 1 atom stereocenters. The van der Waals surface area contributed by atoms with Crippen LogP contribution in [0.3, 0.4) is 0 Å². The number of aromatic nitrogens is 1. The van der Waals surface area contributed by atoms with E-state index in [1.54, 1.807) is 0 Å². The zero-order valence-electron chi connectivity index (χ0n) is 14.5. The van der Waals surface area contributed by atoms with Crippen LogP contribution in [0.2, 0.25) is 0 Å². The van der Waals surface area contributed by atoms with Crippen molar-refractivity contribution in [2.24, 2.45) is 0 Å². The number of carbonyl (C=O) groups excluding carboxylic acids is 1. The monoisotopic (exact) mass is 332 g/mol. The van der Waals surface area contributed by atoms with Crippen molar-refractivity contribution < 1.29 is 9.53 Å². The van der Waals surface area contributed by atoms with E-state index in [1.165, 1.54) is 12.7 Å². The number of hydrogen-bond acceptors (Lipinski definition) is 5. The number of amides is 1. The lowest BCUT2D eigenvalue weighted by Crippen LogP contribution is -2.53. The Morgan fingerprint density at radius 2 is 2.12 bits per heavy atom. The third-order valence-corrected chi connectivity index (χ3v) is 5.04. The predicted molar refractivity (Wildman–Crippen MR) is 92.7 cm³/mol. The van der Waals surface area contributed by atoms with Crippen molar-refractivity contribution >= 4 is 6.09 Å². The summed E-state index contributed by atoms with van der Waals surface area (Å²) in [7, 11) is 1.46. The Kier molecular flexibility index (Phi) is 6.04. The Bertz CT molecular complexity index is 517. The third kappa shape index (κ3) is 4.68. The lowest BCUT2D eigenvalue weighted by Gasteiger charge is -2.38. The fraction of sp³-hybridized carbons (Fsp3) is 0.667. The summed E-state index contributed by atoms with van der Waals surface area (Å²) >= 11 is 0. The SMILES string of the molecule is COC(=O)N1CCCC(NC2CCN(Cc3cccnc3)CC2)C1. The zero-order valence-corrected chi connectivity index (χ0v) is 14.5. The fourth-order valence-electron chi connectivity index (χ4n) is 3.75. The molecule has 1 aromatic rings. The lowest BCUT2D eigenvalue weighted by molar-refractivity contribution is 0.102. The van der Waals surface area contributed by atoms with Crippen LogP contribution in [0, 0.1) is 0 Å². The molecular weight excluding hydrogens is 304 g/mol. The molecule has 1 unspecified atom stereocenters. The van der Waals surface area contributed by atoms with Gasteiger partial charge in [-0.3, -0.25) is 9.88 Å². The Labute approximate surface area is 144 Å². The topological polar surface area (TPSA) is 57.7 Å². The first-order chi connectivity index (χ1) is 11.7. The van der Waals surface area contributed by atoms with Gasteiger partial charge in [-0.25, -0.2) is 4.79 Å². The van der Waals surface area contributed by atoms with E-state index in [1.807, 2.05) is 23.4 Å². The third-order valence-electron chi connectivity index (χ3n) is 5.04. The molecule has 1 aromatic heterocycles. The number of pyridine rings is 1. The smallest absolute Gasteiger partial charge is 0.409 e. The van der Waals surface area contributed by atoms with Crippen molar-refractivity contribution in [3.8, 4) is 0 Å². The van der Waals surface area contributed by atoms with E-state index in [0.717, 1.165) is 58.4 Å². The Balaban J connectivity index is 1.41. The van der Waals surface area contributed by atoms with Gasteiger partial charge in [0.2, 0.25) is 0 Å². The fourth-order valence-corrected chi connectivity index (χ4v) is 3.75. The summed E-state index contributed by atoms with van der Waals surface area (Å²) in [5.74, 6) is 0. The van der Waals surface area contributed by atoms with E-state index >= 15 is 0 Å². The molecule has 0 radical (unpaired) electrons. The molecule has 1 N–H and O–H groups in total. The average Bonchev–Trinajstić information content (AvgIpc) is 2.64. The molecule has 0 spiro atoms. The minimum Gasteiger partial charge on any atom is -0.453 e. The Hall–Kier alpha value is -1.66. The maximum absolute atomic E-state index is 11.7. The number of rotatable bonds is 4. The molecule has 2 aliphatic heterocycles. The quantitative estimate of drug-likeness (QED) is 0.912. The second-order valence-electron chi connectivity index (χ2n) is 6.83. The number of nitrogens with zero attached hydrogens (tertiary/aromatic N) is 3. The number of likely N-dealkylation sites (tertiary alicyclic amines) is 2. The van der Waals surface area contributed by atoms with Gasteiger partial charge in [0.15, 0.2) is 0 Å². The number of piperidine rings is 2. The standard InChI is InChI=1S/C18H28N4O2/c1-24-18(23)22-9-3-5-17(14-22)20-16-6-10-21(11-7-16)13-15-4-2-8-19-12-15/h2,4,8,12,16-17,20H,3,5-7,9-11,13-14H2,1H3. The molecule has 0 saturated carbocycles. The lowest BCUT2D eigenvalue weighted by atomic mass is 10.00. The first-order valence-electron chi connectivity index (χ1n) is 8.95. The average molecular weight is 332 g/mol. The molecule has 0 bridgehead atoms. The number of hydrogen-bond donors (Lipinski definition) is 1. The molecule has 2 fully saturated rings. The van der Waals surface area contributed by atoms with Crippen LogP contribution < -0.4 is 5.32 Å². The summed E-state index contributed by atoms with van der Waals surface area (Å²) in [6, 6.07) is 5.09. The van der Waals surface area contributed by atoms with E-state index in [4.69, 9.17) is 4.74 Å². The zero-order chi connectivity index (χ0) is 16.8. The molecule has 3 rings (SSSR count). The highest BCUT2D eigenvalue weighted by atomic mass is 16.5. The van der Waals surface area contributed by atoms with Gasteiger partial charge >= 0.3 is 6.09 Å². The van der Waals surface area contributed by atoms with E-state index < -0.39 is 0 Å². The molecule has 0 aromatic carbocycles. The van der Waals surface area contributed by atoms with Crippen molar-refractivity contribution in [3.05, 3.63) is 30.1 Å². The Morgan fingerprint density at radius 3 is 2.83 bits per heavy atom. The first kappa shape index (κ1) is 17.2. The summed E-state index contributed by atoms with van der Waals surface area (Å²) in [6.45, 7) is 4.79. The van der Waals surface area contributed by atoms with E-state index in [-0.39, 0.29) is 6.09 Å². The minimum absolute atomic E-state index is 0.201. The number of ether oxygens (including phenoxy) is 1. The molecule has 132 valence electrons. The van der Waals surface area contributed by atoms with Gasteiger partial charge in [-0.05, 0) is 50.4 Å². The van der Waals surface area contributed by atoms with Crippen molar-refractivity contribution in [1.29, 1.82) is 0 Å². The highest BCUT2D eigenvalue weighted by Gasteiger charge is 2.27. The van der Waals surface area contributed by atoms with Crippen molar-refractivity contribution in [2.75, 3.05) is 33.3 Å². The van der Waals surface area contributed by atoms with Gasteiger partial charge in [0.25, 0.3) is 0 Å². The maximum Gasteiger partial charge on any atom is 0.409 e. The molecule has 1 amide bonds. The summed E-state index contributed by atoms with van der Waals surface area (Å²) < 4.78 is 4.85. The van der Waals surface area contributed by atoms with Crippen molar-refractivity contribution in [1.82, 2.24) is 20.1 Å². The van der Waals surface area contributed by atoms with E-state index in [0.29, 0.717) is 12.1 Å². The molecular formula is C18H28N4O2. The largest absolute Gasteiger partial charge is 0.453 e. The second kappa shape index (κ2) is 8.44. The number of nitrogens with one attached hydrogen (secondary N) is 1. The maximum atomic E-state index is 11.7. The normalized spacial score (nSPS) is 23.2. The number of methoxy groups -OCH3 is 1. The second-order valence-corrected chi connectivity index (χ2v) is 6.83. The van der Waals surface area contributed by atoms with Crippen LogP contribution in [0.5, 0.6) is 0 Å². The summed E-state index contributed by atoms with van der Waals surface area (Å²) in [4.78, 5) is 20.2. The molecule has 6 heteroatoms. The van der Waals surface area contributed by atoms with Crippen molar-refractivity contribution in [3.63, 3.8) is 0 Å². The van der Waals surface area contributed by atoms with Gasteiger partial charge in [0.1, 0.15) is 0 Å². The summed E-state index contributed by atoms with van der Waals surface area (Å²) in [6.07, 6.45) is 8.09. The summed E-state index contributed by atoms with van der Waals surface area (Å²) in [5, 5.41) is 3.76. The van der Waals surface area contributed by atoms with Crippen molar-refractivity contribution in [2.45, 2.75) is 44.3 Å². The molecule has 24 heavy (non-hydrogen) atoms. The van der Waals surface area contributed by atoms with E-state index in [2.05, 4.69) is 21.3 Å². The molecule has 3 heterocycles. The van der Waals surface area contributed by atoms with Gasteiger partial charge < -0.3 is 15.0 Å². The van der Waals surface area contributed by atoms with Crippen LogP contribution in [0.1, 0.15) is 31.2 Å². The highest BCUT2D eigenvalue weighted by molar-refractivity contribution is 5.67. The number of carbonyl (C=O) groups is 1. The van der Waals surface area contributed by atoms with Crippen LogP contribution in [0.25, 0.3) is 0 Å². The van der Waals surface area contributed by atoms with Crippen LogP contribution in [0.15, 0.2) is 24.5 Å². The van der Waals surface area contributed by atoms with Crippen LogP contribution in [-0.4, -0.2) is 66.2 Å². The van der Waals surface area contributed by atoms with Gasteiger partial charge in [-0.15, -0.1) is 0 Å². The molecule has 6 nitrogen and oxygen atoms in total. The van der Waals surface area contributed by atoms with Gasteiger partial charge in [-0.2, -0.15) is 0 Å². The summed E-state index contributed by atoms with van der Waals surface area (Å²) in [5.41, 5.74) is 1.28. The molecule has 2 aliphatic rings. The minimum atomic E-state index is -0.201. The Morgan fingerprint density at radius 1 is 1.29 bits per heavy atom. The highest BCUT2D eigenvalue weighted by Crippen LogP contribution is 2.17. The van der Waals surface area contributed by atoms with Crippen LogP contribution in [0.4, 0.5) is 4.79 Å².